The summed E-state index contributed by atoms with van der Waals surface area (Å²) < 4.78 is 29.1. The molecule has 1 fully saturated rings. The molecule has 7 heteroatoms. The van der Waals surface area contributed by atoms with Crippen LogP contribution < -0.4 is 19.7 Å². The number of piperidine rings is 1. The third-order valence-electron chi connectivity index (χ3n) is 8.28. The van der Waals surface area contributed by atoms with Gasteiger partial charge >= 0.3 is 0 Å². The maximum atomic E-state index is 6.56. The van der Waals surface area contributed by atoms with Crippen molar-refractivity contribution in [3.05, 3.63) is 89.0 Å². The molecule has 3 aromatic carbocycles. The van der Waals surface area contributed by atoms with E-state index < -0.39 is 0 Å². The Hall–Kier alpha value is -3.10. The SMILES string of the molecule is COCCN1CCCc2ccc(COC3CNCCC3c3ccc(OCCCOCc4ccccc4OC)cc3)cc21. The smallest absolute Gasteiger partial charge is 0.124 e. The van der Waals surface area contributed by atoms with Crippen molar-refractivity contribution in [2.75, 3.05) is 65.1 Å². The topological polar surface area (TPSA) is 61.4 Å². The maximum Gasteiger partial charge on any atom is 0.124 e. The molecule has 1 saturated heterocycles. The Morgan fingerprint density at radius 3 is 2.67 bits per heavy atom. The van der Waals surface area contributed by atoms with Gasteiger partial charge in [0.05, 0.1) is 46.2 Å². The first-order chi connectivity index (χ1) is 20.7. The van der Waals surface area contributed by atoms with Crippen molar-refractivity contribution in [3.8, 4) is 11.5 Å². The van der Waals surface area contributed by atoms with E-state index in [-0.39, 0.29) is 6.10 Å². The van der Waals surface area contributed by atoms with Crippen LogP contribution in [0.3, 0.4) is 0 Å². The van der Waals surface area contributed by atoms with Crippen LogP contribution in [0.15, 0.2) is 66.7 Å². The maximum absolute atomic E-state index is 6.56. The van der Waals surface area contributed by atoms with Gasteiger partial charge in [0, 0.05) is 50.3 Å². The second-order valence-electron chi connectivity index (χ2n) is 11.1. The second-order valence-corrected chi connectivity index (χ2v) is 11.1. The lowest BCUT2D eigenvalue weighted by Gasteiger charge is -2.33. The third kappa shape index (κ3) is 8.26. The molecule has 2 unspecified atom stereocenters. The molecule has 0 saturated carbocycles. The molecule has 0 aromatic heterocycles. The second kappa shape index (κ2) is 15.9. The molecule has 7 nitrogen and oxygen atoms in total. The van der Waals surface area contributed by atoms with Crippen molar-refractivity contribution in [2.24, 2.45) is 0 Å². The Morgan fingerprint density at radius 2 is 1.81 bits per heavy atom. The number of ether oxygens (including phenoxy) is 5. The van der Waals surface area contributed by atoms with Gasteiger partial charge in [0.15, 0.2) is 0 Å². The summed E-state index contributed by atoms with van der Waals surface area (Å²) in [5.41, 5.74) is 6.38. The van der Waals surface area contributed by atoms with Crippen LogP contribution in [0.4, 0.5) is 5.69 Å². The lowest BCUT2D eigenvalue weighted by Crippen LogP contribution is -2.41. The predicted molar refractivity (Wildman–Crippen MR) is 167 cm³/mol. The van der Waals surface area contributed by atoms with Crippen LogP contribution in [0.1, 0.15) is 47.4 Å². The standard InChI is InChI=1S/C35H46N2O5/c1-38-22-19-37-18-5-8-29-11-10-27(23-33(29)37)25-42-35-24-36-17-16-32(35)28-12-14-31(15-13-28)41-21-6-20-40-26-30-7-3-4-9-34(30)39-2/h3-4,7,9-15,23,32,35-36H,5-6,8,16-22,24-26H2,1-2H3. The van der Waals surface area contributed by atoms with E-state index in [4.69, 9.17) is 23.7 Å². The number of nitrogens with one attached hydrogen (secondary N) is 1. The van der Waals surface area contributed by atoms with Crippen molar-refractivity contribution in [3.63, 3.8) is 0 Å². The van der Waals surface area contributed by atoms with E-state index in [9.17, 15) is 0 Å². The number of aryl methyl sites for hydroxylation is 1. The summed E-state index contributed by atoms with van der Waals surface area (Å²) in [5.74, 6) is 2.11. The minimum Gasteiger partial charge on any atom is -0.496 e. The Morgan fingerprint density at radius 1 is 0.929 bits per heavy atom. The molecule has 2 aliphatic heterocycles. The van der Waals surface area contributed by atoms with Gasteiger partial charge in [0.2, 0.25) is 0 Å². The molecular formula is C35H46N2O5. The molecule has 0 radical (unpaired) electrons. The number of fused-ring (bicyclic) bond motifs is 1. The molecule has 226 valence electrons. The van der Waals surface area contributed by atoms with Crippen LogP contribution >= 0.6 is 0 Å². The predicted octanol–water partition coefficient (Wildman–Crippen LogP) is 5.74. The fourth-order valence-corrected chi connectivity index (χ4v) is 5.98. The van der Waals surface area contributed by atoms with E-state index in [0.717, 1.165) is 69.1 Å². The van der Waals surface area contributed by atoms with Gasteiger partial charge in [-0.3, -0.25) is 0 Å². The summed E-state index contributed by atoms with van der Waals surface area (Å²) >= 11 is 0. The van der Waals surface area contributed by atoms with E-state index in [1.165, 1.54) is 28.8 Å². The molecule has 0 aliphatic carbocycles. The van der Waals surface area contributed by atoms with E-state index in [2.05, 4.69) is 52.7 Å². The number of nitrogens with zero attached hydrogens (tertiary/aromatic N) is 1. The van der Waals surface area contributed by atoms with Crippen LogP contribution in [0, 0.1) is 0 Å². The Labute approximate surface area is 251 Å². The van der Waals surface area contributed by atoms with Gasteiger partial charge in [0.25, 0.3) is 0 Å². The molecule has 42 heavy (non-hydrogen) atoms. The highest BCUT2D eigenvalue weighted by atomic mass is 16.5. The zero-order valence-corrected chi connectivity index (χ0v) is 25.2. The number of benzene rings is 3. The lowest BCUT2D eigenvalue weighted by molar-refractivity contribution is 0.0106. The van der Waals surface area contributed by atoms with Gasteiger partial charge in [-0.15, -0.1) is 0 Å². The highest BCUT2D eigenvalue weighted by molar-refractivity contribution is 5.57. The number of hydrogen-bond acceptors (Lipinski definition) is 7. The minimum atomic E-state index is 0.131. The van der Waals surface area contributed by atoms with Gasteiger partial charge < -0.3 is 33.9 Å². The molecule has 2 heterocycles. The monoisotopic (exact) mass is 574 g/mol. The van der Waals surface area contributed by atoms with Crippen LogP contribution in [-0.2, 0) is 33.8 Å². The Kier molecular flexibility index (Phi) is 11.5. The number of hydrogen-bond donors (Lipinski definition) is 1. The number of para-hydroxylation sites is 1. The molecule has 0 bridgehead atoms. The first-order valence-corrected chi connectivity index (χ1v) is 15.4. The summed E-state index contributed by atoms with van der Waals surface area (Å²) in [6.45, 7) is 7.05. The zero-order valence-electron chi connectivity index (χ0n) is 25.2. The summed E-state index contributed by atoms with van der Waals surface area (Å²) in [6.07, 6.45) is 4.36. The molecule has 2 atom stereocenters. The summed E-state index contributed by atoms with van der Waals surface area (Å²) in [4.78, 5) is 2.45. The Bertz CT molecular complexity index is 1230. The largest absolute Gasteiger partial charge is 0.496 e. The van der Waals surface area contributed by atoms with E-state index >= 15 is 0 Å². The van der Waals surface area contributed by atoms with Crippen molar-refractivity contribution < 1.29 is 23.7 Å². The molecule has 0 spiro atoms. The molecule has 2 aliphatic rings. The number of anilines is 1. The Balaban J connectivity index is 1.08. The number of methoxy groups -OCH3 is 2. The summed E-state index contributed by atoms with van der Waals surface area (Å²) in [5, 5.41) is 3.53. The van der Waals surface area contributed by atoms with Crippen molar-refractivity contribution in [1.29, 1.82) is 0 Å². The van der Waals surface area contributed by atoms with E-state index in [0.29, 0.717) is 32.3 Å². The first kappa shape index (κ1) is 30.4. The average molecular weight is 575 g/mol. The van der Waals surface area contributed by atoms with Crippen molar-refractivity contribution in [2.45, 2.75) is 50.9 Å². The van der Waals surface area contributed by atoms with Gasteiger partial charge in [-0.2, -0.15) is 0 Å². The normalized spacial score (nSPS) is 18.5. The first-order valence-electron chi connectivity index (χ1n) is 15.4. The molecule has 5 rings (SSSR count). The quantitative estimate of drug-likeness (QED) is 0.232. The average Bonchev–Trinajstić information content (AvgIpc) is 3.05. The lowest BCUT2D eigenvalue weighted by atomic mass is 9.87. The molecule has 0 amide bonds. The summed E-state index contributed by atoms with van der Waals surface area (Å²) in [6, 6.07) is 23.4. The van der Waals surface area contributed by atoms with Gasteiger partial charge in [-0.1, -0.05) is 42.5 Å². The van der Waals surface area contributed by atoms with Gasteiger partial charge in [-0.25, -0.2) is 0 Å². The summed E-state index contributed by atoms with van der Waals surface area (Å²) in [7, 11) is 3.46. The van der Waals surface area contributed by atoms with Crippen LogP contribution in [0.5, 0.6) is 11.5 Å². The third-order valence-corrected chi connectivity index (χ3v) is 8.28. The van der Waals surface area contributed by atoms with E-state index in [1.54, 1.807) is 14.2 Å². The van der Waals surface area contributed by atoms with Crippen molar-refractivity contribution in [1.82, 2.24) is 5.32 Å². The van der Waals surface area contributed by atoms with Crippen LogP contribution in [0.2, 0.25) is 0 Å². The highest BCUT2D eigenvalue weighted by Gasteiger charge is 2.27. The molecular weight excluding hydrogens is 528 g/mol. The zero-order chi connectivity index (χ0) is 29.0. The van der Waals surface area contributed by atoms with Gasteiger partial charge in [-0.05, 0) is 66.8 Å². The molecule has 1 N–H and O–H groups in total. The van der Waals surface area contributed by atoms with Crippen LogP contribution in [0.25, 0.3) is 0 Å². The van der Waals surface area contributed by atoms with Gasteiger partial charge in [0.1, 0.15) is 11.5 Å². The fraction of sp³-hybridized carbons (Fsp3) is 0.486. The van der Waals surface area contributed by atoms with Crippen molar-refractivity contribution >= 4 is 5.69 Å². The fourth-order valence-electron chi connectivity index (χ4n) is 5.98. The van der Waals surface area contributed by atoms with E-state index in [1.807, 2.05) is 24.3 Å². The molecule has 3 aromatic rings. The highest BCUT2D eigenvalue weighted by Crippen LogP contribution is 2.32. The van der Waals surface area contributed by atoms with Crippen LogP contribution in [-0.4, -0.2) is 66.3 Å². The minimum absolute atomic E-state index is 0.131. The number of rotatable bonds is 15.